The fourth-order valence-corrected chi connectivity index (χ4v) is 1.90. The first-order valence-electron chi connectivity index (χ1n) is 6.89. The molecule has 7 heteroatoms. The molecule has 0 aliphatic carbocycles. The zero-order valence-corrected chi connectivity index (χ0v) is 13.4. The largest absolute Gasteiger partial charge is 0.496 e. The van der Waals surface area contributed by atoms with Crippen LogP contribution in [0.4, 0.5) is 0 Å². The lowest BCUT2D eigenvalue weighted by molar-refractivity contribution is -0.140. The van der Waals surface area contributed by atoms with E-state index in [4.69, 9.17) is 19.3 Å². The van der Waals surface area contributed by atoms with Gasteiger partial charge in [-0.25, -0.2) is 4.79 Å². The number of hydrogen-bond donors (Lipinski definition) is 2. The summed E-state index contributed by atoms with van der Waals surface area (Å²) in [6.07, 6.45) is 1.50. The van der Waals surface area contributed by atoms with Gasteiger partial charge in [-0.15, -0.1) is 6.58 Å². The van der Waals surface area contributed by atoms with Crippen molar-refractivity contribution in [1.29, 1.82) is 0 Å². The quantitative estimate of drug-likeness (QED) is 0.527. The molecule has 126 valence electrons. The van der Waals surface area contributed by atoms with Gasteiger partial charge in [0, 0.05) is 11.1 Å². The number of amides is 1. The predicted molar refractivity (Wildman–Crippen MR) is 84.2 cm³/mol. The molecule has 0 aliphatic heterocycles. The van der Waals surface area contributed by atoms with E-state index in [-0.39, 0.29) is 18.8 Å². The second-order valence-corrected chi connectivity index (χ2v) is 4.70. The molecular formula is C16H21NO6. The Bertz CT molecular complexity index is 559. The number of carbonyl (C=O) groups excluding carboxylic acids is 1. The molecule has 0 saturated heterocycles. The fraction of sp³-hybridized carbons (Fsp3) is 0.375. The van der Waals surface area contributed by atoms with Gasteiger partial charge >= 0.3 is 5.97 Å². The van der Waals surface area contributed by atoms with E-state index in [0.717, 1.165) is 5.56 Å². The number of benzene rings is 1. The summed E-state index contributed by atoms with van der Waals surface area (Å²) in [5, 5.41) is 11.5. The van der Waals surface area contributed by atoms with Crippen molar-refractivity contribution < 1.29 is 28.9 Å². The van der Waals surface area contributed by atoms with E-state index in [2.05, 4.69) is 11.9 Å². The Kier molecular flexibility index (Phi) is 7.08. The molecule has 1 amide bonds. The Labute approximate surface area is 134 Å². The topological polar surface area (TPSA) is 94.1 Å². The van der Waals surface area contributed by atoms with E-state index < -0.39 is 17.9 Å². The van der Waals surface area contributed by atoms with Crippen molar-refractivity contribution in [3.8, 4) is 11.5 Å². The number of hydrogen-bond acceptors (Lipinski definition) is 5. The number of methoxy groups -OCH3 is 2. The first kappa shape index (κ1) is 18.5. The van der Waals surface area contributed by atoms with Gasteiger partial charge < -0.3 is 24.6 Å². The van der Waals surface area contributed by atoms with E-state index in [9.17, 15) is 9.59 Å². The Hall–Kier alpha value is -2.54. The van der Waals surface area contributed by atoms with Crippen LogP contribution in [0.25, 0.3) is 0 Å². The van der Waals surface area contributed by atoms with E-state index in [1.165, 1.54) is 32.4 Å². The molecule has 1 atom stereocenters. The van der Waals surface area contributed by atoms with E-state index in [1.54, 1.807) is 6.92 Å². The zero-order chi connectivity index (χ0) is 17.4. The maximum absolute atomic E-state index is 12.3. The molecule has 0 heterocycles. The molecule has 0 saturated carbocycles. The summed E-state index contributed by atoms with van der Waals surface area (Å²) in [5.74, 6) is -0.793. The first-order chi connectivity index (χ1) is 10.9. The van der Waals surface area contributed by atoms with E-state index in [0.29, 0.717) is 11.5 Å². The second-order valence-electron chi connectivity index (χ2n) is 4.70. The molecule has 0 aromatic heterocycles. The number of carboxylic acid groups (broad SMARTS) is 1. The maximum Gasteiger partial charge on any atom is 0.328 e. The molecule has 7 nitrogen and oxygen atoms in total. The third-order valence-electron chi connectivity index (χ3n) is 3.14. The van der Waals surface area contributed by atoms with Crippen LogP contribution in [0.1, 0.15) is 15.9 Å². The predicted octanol–water partition coefficient (Wildman–Crippen LogP) is 1.40. The van der Waals surface area contributed by atoms with Crippen molar-refractivity contribution in [2.75, 3.05) is 27.4 Å². The van der Waals surface area contributed by atoms with Gasteiger partial charge in [0.25, 0.3) is 5.91 Å². The van der Waals surface area contributed by atoms with Gasteiger partial charge in [0.2, 0.25) is 0 Å². The summed E-state index contributed by atoms with van der Waals surface area (Å²) in [4.78, 5) is 23.5. The lowest BCUT2D eigenvalue weighted by Crippen LogP contribution is -2.44. The maximum atomic E-state index is 12.3. The summed E-state index contributed by atoms with van der Waals surface area (Å²) in [6.45, 7) is 5.30. The van der Waals surface area contributed by atoms with Crippen molar-refractivity contribution in [3.63, 3.8) is 0 Å². The molecule has 0 aliphatic rings. The van der Waals surface area contributed by atoms with Gasteiger partial charge in [0.15, 0.2) is 6.04 Å². The highest BCUT2D eigenvalue weighted by molar-refractivity contribution is 5.97. The molecule has 2 N–H and O–H groups in total. The molecule has 0 fully saturated rings. The molecule has 0 bridgehead atoms. The van der Waals surface area contributed by atoms with E-state index in [1.807, 2.05) is 0 Å². The van der Waals surface area contributed by atoms with Crippen molar-refractivity contribution >= 4 is 11.9 Å². The molecule has 0 spiro atoms. The number of carbonyl (C=O) groups is 2. The summed E-state index contributed by atoms with van der Waals surface area (Å²) in [6, 6.07) is 1.88. The van der Waals surface area contributed by atoms with Gasteiger partial charge in [-0.1, -0.05) is 6.08 Å². The molecular weight excluding hydrogens is 302 g/mol. The third kappa shape index (κ3) is 5.00. The molecule has 0 radical (unpaired) electrons. The Morgan fingerprint density at radius 3 is 2.30 bits per heavy atom. The van der Waals surface area contributed by atoms with Crippen LogP contribution in [0.15, 0.2) is 24.8 Å². The van der Waals surface area contributed by atoms with Gasteiger partial charge in [0.05, 0.1) is 27.4 Å². The van der Waals surface area contributed by atoms with Crippen LogP contribution < -0.4 is 14.8 Å². The minimum absolute atomic E-state index is 0.159. The fourth-order valence-electron chi connectivity index (χ4n) is 1.90. The minimum Gasteiger partial charge on any atom is -0.496 e. The minimum atomic E-state index is -1.19. The van der Waals surface area contributed by atoms with Gasteiger partial charge in [0.1, 0.15) is 11.5 Å². The number of aliphatic carboxylic acids is 1. The van der Waals surface area contributed by atoms with Crippen molar-refractivity contribution in [2.45, 2.75) is 13.0 Å². The molecule has 23 heavy (non-hydrogen) atoms. The Balaban J connectivity index is 2.94. The Morgan fingerprint density at radius 1 is 1.30 bits per heavy atom. The third-order valence-corrected chi connectivity index (χ3v) is 3.14. The molecule has 1 rings (SSSR count). The summed E-state index contributed by atoms with van der Waals surface area (Å²) in [7, 11) is 2.96. The van der Waals surface area contributed by atoms with Crippen LogP contribution in [0.5, 0.6) is 11.5 Å². The Morgan fingerprint density at radius 2 is 1.87 bits per heavy atom. The highest BCUT2D eigenvalue weighted by Crippen LogP contribution is 2.29. The molecule has 1 aromatic rings. The summed E-state index contributed by atoms with van der Waals surface area (Å²) in [5.41, 5.74) is 0.981. The zero-order valence-electron chi connectivity index (χ0n) is 13.4. The lowest BCUT2D eigenvalue weighted by Gasteiger charge is -2.16. The van der Waals surface area contributed by atoms with Crippen LogP contribution in [-0.4, -0.2) is 50.5 Å². The average Bonchev–Trinajstić information content (AvgIpc) is 2.53. The van der Waals surface area contributed by atoms with Crippen LogP contribution in [-0.2, 0) is 9.53 Å². The summed E-state index contributed by atoms with van der Waals surface area (Å²) >= 11 is 0. The van der Waals surface area contributed by atoms with Gasteiger partial charge in [-0.2, -0.15) is 0 Å². The highest BCUT2D eigenvalue weighted by atomic mass is 16.5. The van der Waals surface area contributed by atoms with Crippen molar-refractivity contribution in [1.82, 2.24) is 5.32 Å². The van der Waals surface area contributed by atoms with Crippen LogP contribution in [0, 0.1) is 6.92 Å². The number of rotatable bonds is 9. The standard InChI is InChI=1S/C16H21NO6/c1-5-6-23-9-12(16(19)20)17-15(18)11-7-13(21-3)10(2)14(8-11)22-4/h5,7-8,12H,1,6,9H2,2-4H3,(H,17,18)(H,19,20). The number of carboxylic acids is 1. The smallest absolute Gasteiger partial charge is 0.328 e. The first-order valence-corrected chi connectivity index (χ1v) is 6.89. The summed E-state index contributed by atoms with van der Waals surface area (Å²) < 4.78 is 15.5. The molecule has 1 aromatic carbocycles. The average molecular weight is 323 g/mol. The highest BCUT2D eigenvalue weighted by Gasteiger charge is 2.22. The second kappa shape index (κ2) is 8.79. The number of ether oxygens (including phenoxy) is 3. The van der Waals surface area contributed by atoms with E-state index >= 15 is 0 Å². The van der Waals surface area contributed by atoms with Crippen LogP contribution in [0.3, 0.4) is 0 Å². The van der Waals surface area contributed by atoms with Crippen molar-refractivity contribution in [3.05, 3.63) is 35.9 Å². The van der Waals surface area contributed by atoms with Gasteiger partial charge in [-0.05, 0) is 19.1 Å². The van der Waals surface area contributed by atoms with Crippen LogP contribution in [0.2, 0.25) is 0 Å². The monoisotopic (exact) mass is 323 g/mol. The lowest BCUT2D eigenvalue weighted by atomic mass is 10.1. The number of nitrogens with one attached hydrogen (secondary N) is 1. The normalized spacial score (nSPS) is 11.4. The van der Waals surface area contributed by atoms with Gasteiger partial charge in [-0.3, -0.25) is 4.79 Å². The molecule has 1 unspecified atom stereocenters. The van der Waals surface area contributed by atoms with Crippen molar-refractivity contribution in [2.24, 2.45) is 0 Å². The van der Waals surface area contributed by atoms with Crippen LogP contribution >= 0.6 is 0 Å². The SMILES string of the molecule is C=CCOCC(NC(=O)c1cc(OC)c(C)c(OC)c1)C(=O)O.